The molecule has 0 atom stereocenters. The molecule has 4 aromatic rings. The van der Waals surface area contributed by atoms with E-state index < -0.39 is 16.7 Å². The smallest absolute Gasteiger partial charge is 0.357 e. The van der Waals surface area contributed by atoms with Crippen LogP contribution in [0.3, 0.4) is 0 Å². The highest BCUT2D eigenvalue weighted by molar-refractivity contribution is 6.32. The Hall–Kier alpha value is -4.05. The molecule has 9 nitrogen and oxygen atoms in total. The van der Waals surface area contributed by atoms with Gasteiger partial charge in [-0.2, -0.15) is 0 Å². The van der Waals surface area contributed by atoms with Crippen LogP contribution in [0.5, 0.6) is 5.75 Å². The SMILES string of the molecule is COC(=O)c1nc(-c2ccc(Cl)c(OC)c2F)nc2c1cc(C)n2Cc1ccccc1[N+](=O)[O-]. The van der Waals surface area contributed by atoms with Crippen LogP contribution in [-0.4, -0.2) is 39.6 Å². The number of hydrogen-bond acceptors (Lipinski definition) is 7. The highest BCUT2D eigenvalue weighted by atomic mass is 35.5. The fourth-order valence-corrected chi connectivity index (χ4v) is 3.93. The average Bonchev–Trinajstić information content (AvgIpc) is 3.13. The summed E-state index contributed by atoms with van der Waals surface area (Å²) < 4.78 is 26.8. The lowest BCUT2D eigenvalue weighted by Gasteiger charge is -2.12. The summed E-state index contributed by atoms with van der Waals surface area (Å²) in [4.78, 5) is 32.4. The quantitative estimate of drug-likeness (QED) is 0.216. The molecule has 34 heavy (non-hydrogen) atoms. The number of benzene rings is 2. The first-order valence-corrected chi connectivity index (χ1v) is 10.4. The minimum atomic E-state index is -0.793. The molecule has 0 aliphatic heterocycles. The zero-order valence-corrected chi connectivity index (χ0v) is 19.1. The lowest BCUT2D eigenvalue weighted by Crippen LogP contribution is -2.10. The van der Waals surface area contributed by atoms with Crippen LogP contribution < -0.4 is 4.74 Å². The molecule has 0 aliphatic carbocycles. The van der Waals surface area contributed by atoms with Gasteiger partial charge >= 0.3 is 5.97 Å². The summed E-state index contributed by atoms with van der Waals surface area (Å²) in [5.41, 5.74) is 1.23. The third-order valence-corrected chi connectivity index (χ3v) is 5.65. The first kappa shape index (κ1) is 23.1. The summed E-state index contributed by atoms with van der Waals surface area (Å²) in [7, 11) is 2.48. The van der Waals surface area contributed by atoms with Crippen molar-refractivity contribution in [3.63, 3.8) is 0 Å². The molecule has 0 aliphatic rings. The van der Waals surface area contributed by atoms with Gasteiger partial charge in [0, 0.05) is 17.3 Å². The van der Waals surface area contributed by atoms with Crippen LogP contribution in [-0.2, 0) is 11.3 Å². The van der Waals surface area contributed by atoms with Gasteiger partial charge in [-0.05, 0) is 25.1 Å². The Kier molecular flexibility index (Phi) is 6.16. The second-order valence-electron chi connectivity index (χ2n) is 7.32. The Bertz CT molecular complexity index is 1450. The lowest BCUT2D eigenvalue weighted by molar-refractivity contribution is -0.385. The van der Waals surface area contributed by atoms with Crippen molar-refractivity contribution in [2.24, 2.45) is 0 Å². The van der Waals surface area contributed by atoms with Gasteiger partial charge in [0.15, 0.2) is 23.1 Å². The van der Waals surface area contributed by atoms with E-state index in [0.29, 0.717) is 16.6 Å². The van der Waals surface area contributed by atoms with Gasteiger partial charge in [-0.3, -0.25) is 10.1 Å². The fraction of sp³-hybridized carbons (Fsp3) is 0.174. The minimum Gasteiger partial charge on any atom is -0.492 e. The van der Waals surface area contributed by atoms with Crippen LogP contribution >= 0.6 is 11.6 Å². The maximum atomic E-state index is 15.1. The number of carbonyl (C=O) groups excluding carboxylic acids is 1. The normalized spacial score (nSPS) is 11.0. The summed E-state index contributed by atoms with van der Waals surface area (Å²) >= 11 is 6.01. The van der Waals surface area contributed by atoms with E-state index in [0.717, 1.165) is 0 Å². The number of fused-ring (bicyclic) bond motifs is 1. The van der Waals surface area contributed by atoms with E-state index in [-0.39, 0.29) is 45.7 Å². The van der Waals surface area contributed by atoms with E-state index in [1.54, 1.807) is 35.8 Å². The first-order chi connectivity index (χ1) is 16.3. The third-order valence-electron chi connectivity index (χ3n) is 5.35. The molecule has 4 rings (SSSR count). The molecule has 0 saturated carbocycles. The molecular formula is C23H18ClFN4O5. The van der Waals surface area contributed by atoms with Gasteiger partial charge in [0.2, 0.25) is 0 Å². The van der Waals surface area contributed by atoms with Crippen molar-refractivity contribution in [1.82, 2.24) is 14.5 Å². The number of nitro groups is 1. The molecule has 0 fully saturated rings. The molecule has 174 valence electrons. The number of ether oxygens (including phenoxy) is 2. The lowest BCUT2D eigenvalue weighted by atomic mass is 10.1. The van der Waals surface area contributed by atoms with Gasteiger partial charge < -0.3 is 14.0 Å². The molecule has 0 N–H and O–H groups in total. The molecule has 2 aromatic heterocycles. The second-order valence-corrected chi connectivity index (χ2v) is 7.73. The molecule has 0 radical (unpaired) electrons. The molecule has 2 heterocycles. The van der Waals surface area contributed by atoms with E-state index in [2.05, 4.69) is 9.97 Å². The van der Waals surface area contributed by atoms with Crippen LogP contribution in [0.2, 0.25) is 5.02 Å². The fourth-order valence-electron chi connectivity index (χ4n) is 3.71. The first-order valence-electron chi connectivity index (χ1n) is 9.97. The summed E-state index contributed by atoms with van der Waals surface area (Å²) in [6.07, 6.45) is 0. The largest absolute Gasteiger partial charge is 0.492 e. The zero-order chi connectivity index (χ0) is 24.6. The maximum Gasteiger partial charge on any atom is 0.357 e. The van der Waals surface area contributed by atoms with Gasteiger partial charge in [-0.15, -0.1) is 0 Å². The van der Waals surface area contributed by atoms with E-state index in [1.807, 2.05) is 0 Å². The number of carbonyl (C=O) groups is 1. The average molecular weight is 485 g/mol. The van der Waals surface area contributed by atoms with Crippen LogP contribution in [0.15, 0.2) is 42.5 Å². The van der Waals surface area contributed by atoms with Gasteiger partial charge in [-0.1, -0.05) is 29.8 Å². The van der Waals surface area contributed by atoms with Crippen molar-refractivity contribution in [2.45, 2.75) is 13.5 Å². The summed E-state index contributed by atoms with van der Waals surface area (Å²) in [6.45, 7) is 1.86. The summed E-state index contributed by atoms with van der Waals surface area (Å²) in [5, 5.41) is 11.9. The minimum absolute atomic E-state index is 0.0376. The van der Waals surface area contributed by atoms with E-state index in [9.17, 15) is 14.9 Å². The Labute approximate surface area is 197 Å². The highest BCUT2D eigenvalue weighted by Gasteiger charge is 2.24. The molecule has 0 bridgehead atoms. The summed E-state index contributed by atoms with van der Waals surface area (Å²) in [5.74, 6) is -1.81. The van der Waals surface area contributed by atoms with E-state index in [4.69, 9.17) is 21.1 Å². The molecule has 11 heteroatoms. The predicted octanol–water partition coefficient (Wildman–Crippen LogP) is 4.95. The van der Waals surface area contributed by atoms with E-state index in [1.165, 1.54) is 32.4 Å². The van der Waals surface area contributed by atoms with Crippen molar-refractivity contribution in [3.8, 4) is 17.1 Å². The number of hydrogen-bond donors (Lipinski definition) is 0. The van der Waals surface area contributed by atoms with Crippen molar-refractivity contribution in [3.05, 3.63) is 80.4 Å². The number of aromatic nitrogens is 3. The second kappa shape index (κ2) is 9.06. The Balaban J connectivity index is 1.98. The monoisotopic (exact) mass is 484 g/mol. The Morgan fingerprint density at radius 1 is 1.21 bits per heavy atom. The van der Waals surface area contributed by atoms with Crippen LogP contribution in [0.25, 0.3) is 22.4 Å². The Morgan fingerprint density at radius 3 is 2.62 bits per heavy atom. The van der Waals surface area contributed by atoms with Gasteiger partial charge in [0.25, 0.3) is 5.69 Å². The maximum absolute atomic E-state index is 15.1. The Morgan fingerprint density at radius 2 is 1.94 bits per heavy atom. The number of methoxy groups -OCH3 is 2. The molecular weight excluding hydrogens is 467 g/mol. The van der Waals surface area contributed by atoms with E-state index >= 15 is 4.39 Å². The molecule has 2 aromatic carbocycles. The van der Waals surface area contributed by atoms with Crippen LogP contribution in [0, 0.1) is 22.9 Å². The number of rotatable bonds is 6. The van der Waals surface area contributed by atoms with Gasteiger partial charge in [0.05, 0.1) is 41.7 Å². The molecule has 0 unspecified atom stereocenters. The standard InChI is InChI=1S/C23H18ClFN4O5/c1-12-10-15-19(23(30)34-3)26-21(14-8-9-16(24)20(33-2)18(14)25)27-22(15)28(12)11-13-6-4-5-7-17(13)29(31)32/h4-10H,11H2,1-3H3. The van der Waals surface area contributed by atoms with Crippen LogP contribution in [0.1, 0.15) is 21.7 Å². The number of para-hydroxylation sites is 1. The van der Waals surface area contributed by atoms with Crippen molar-refractivity contribution in [2.75, 3.05) is 14.2 Å². The topological polar surface area (TPSA) is 109 Å². The zero-order valence-electron chi connectivity index (χ0n) is 18.3. The third kappa shape index (κ3) is 3.92. The van der Waals surface area contributed by atoms with Crippen molar-refractivity contribution < 1.29 is 23.6 Å². The molecule has 0 amide bonds. The molecule has 0 saturated heterocycles. The number of esters is 1. The summed E-state index contributed by atoms with van der Waals surface area (Å²) in [6, 6.07) is 10.8. The van der Waals surface area contributed by atoms with Crippen molar-refractivity contribution in [1.29, 1.82) is 0 Å². The van der Waals surface area contributed by atoms with Gasteiger partial charge in [-0.25, -0.2) is 19.2 Å². The number of nitro benzene ring substituents is 1. The predicted molar refractivity (Wildman–Crippen MR) is 123 cm³/mol. The molecule has 0 spiro atoms. The number of aryl methyl sites for hydroxylation is 1. The van der Waals surface area contributed by atoms with Crippen LogP contribution in [0.4, 0.5) is 10.1 Å². The number of nitrogens with zero attached hydrogens (tertiary/aromatic N) is 4. The van der Waals surface area contributed by atoms with Crippen molar-refractivity contribution >= 4 is 34.3 Å². The number of halogens is 2. The van der Waals surface area contributed by atoms with Gasteiger partial charge in [0.1, 0.15) is 5.65 Å². The highest BCUT2D eigenvalue weighted by Crippen LogP contribution is 2.35.